The predicted octanol–water partition coefficient (Wildman–Crippen LogP) is 13.6. The largest absolute Gasteiger partial charge is 1.00 e. The van der Waals surface area contributed by atoms with E-state index in [4.69, 9.17) is 44.3 Å². The quantitative estimate of drug-likeness (QED) is 0.0217. The number of pyridine rings is 3. The number of aromatic nitrogens is 9. The van der Waals surface area contributed by atoms with Crippen LogP contribution in [0.2, 0.25) is 0 Å². The Morgan fingerprint density at radius 1 is 0.471 bits per heavy atom. The van der Waals surface area contributed by atoms with Crippen molar-refractivity contribution >= 4 is 79.0 Å². The summed E-state index contributed by atoms with van der Waals surface area (Å²) in [7, 11) is 7.88. The Hall–Kier alpha value is -11.7. The van der Waals surface area contributed by atoms with Crippen molar-refractivity contribution in [3.8, 4) is 28.7 Å². The van der Waals surface area contributed by atoms with Gasteiger partial charge in [0.15, 0.2) is 0 Å². The molecule has 22 nitrogen and oxygen atoms in total. The molecule has 0 unspecified atom stereocenters. The van der Waals surface area contributed by atoms with Crippen molar-refractivity contribution in [2.45, 2.75) is 73.6 Å². The monoisotopic (exact) mass is 1380 g/mol. The standard InChI is InChI=1S/C18H19N5O.C17H17N5O.C15H16N4O.C8H11NO.C8H10O.C7H8.C6H7N.Na.H2O/c1-5-13-8-14(24-12-19-2)6-7-16(13)23(4)18-9-17-15(10-20-18)21-11-22(17)3;1-4-12-7-13(23-11-18-2)5-6-14(12)21-17-8-16-15(9-19-17)20-10-22(16)3;1-3-10-6-11(20)4-5-12(10)18-15-7-14-13(8-16-15)17-9-19(14)2;1-2-6-5-7(10)3-4-8(6)9;1-2-7-4-3-5-8(9)6-7;1-7-5-3-2-4-6-7;7-6-4-2-1-3-5-6;;/h6-11H,5,12H2,1,3-4H3;5-10H,4,11H2,1,3H3,(H,19,21);4-9,20H,3H2,1-2H3,(H,16,18);3-5,10H,2,9H2,1H3;3-6,9H,2H2,1H3;2-6H,1H3;1-5H,7H2;;1H2/q;;;;;;;+1;/p-1. The Kier molecular flexibility index (Phi) is 33.1. The number of nitrogens with zero attached hydrogens (tertiary/aromatic N) is 12. The minimum Gasteiger partial charge on any atom is -0.870 e. The van der Waals surface area contributed by atoms with E-state index in [0.29, 0.717) is 11.5 Å². The summed E-state index contributed by atoms with van der Waals surface area (Å²) >= 11 is 0. The number of nitrogens with two attached hydrogens (primary N) is 2. The number of ether oxygens (including phenoxy) is 2. The molecule has 0 saturated carbocycles. The molecular weight excluding hydrogens is 1290 g/mol. The number of phenolic OH excluding ortho intramolecular Hbond substituents is 3. The number of hydrogen-bond donors (Lipinski definition) is 7. The molecule has 0 atom stereocenters. The third-order valence-electron chi connectivity index (χ3n) is 15.6. The molecule has 0 saturated heterocycles. The van der Waals surface area contributed by atoms with Gasteiger partial charge >= 0.3 is 43.0 Å². The zero-order valence-corrected chi connectivity index (χ0v) is 61.8. The molecule has 0 aliphatic carbocycles. The van der Waals surface area contributed by atoms with Gasteiger partial charge in [-0.1, -0.05) is 101 Å². The molecule has 102 heavy (non-hydrogen) atoms. The molecule has 0 bridgehead atoms. The number of rotatable bonds is 15. The Labute approximate surface area is 619 Å². The third-order valence-corrected chi connectivity index (χ3v) is 15.6. The first-order chi connectivity index (χ1) is 48.4. The second-order valence-corrected chi connectivity index (χ2v) is 22.7. The molecule has 13 rings (SSSR count). The molecule has 0 fully saturated rings. The number of benzene rings is 7. The van der Waals surface area contributed by atoms with Crippen molar-refractivity contribution in [3.63, 3.8) is 0 Å². The van der Waals surface area contributed by atoms with Crippen molar-refractivity contribution in [1.82, 2.24) is 43.6 Å². The van der Waals surface area contributed by atoms with E-state index in [1.807, 2.05) is 170 Å². The molecule has 7 aromatic carbocycles. The van der Waals surface area contributed by atoms with E-state index < -0.39 is 0 Å². The first-order valence-electron chi connectivity index (χ1n) is 32.6. The summed E-state index contributed by atoms with van der Waals surface area (Å²) in [6.45, 7) is 26.1. The number of imidazole rings is 3. The minimum atomic E-state index is 0. The zero-order chi connectivity index (χ0) is 71.9. The van der Waals surface area contributed by atoms with E-state index >= 15 is 0 Å². The molecule has 0 spiro atoms. The number of para-hydroxylation sites is 1. The minimum absolute atomic E-state index is 0. The van der Waals surface area contributed by atoms with E-state index in [1.54, 1.807) is 80.0 Å². The maximum absolute atomic E-state index is 9.53. The van der Waals surface area contributed by atoms with Gasteiger partial charge in [0.2, 0.25) is 0 Å². The summed E-state index contributed by atoms with van der Waals surface area (Å²) in [5.41, 5.74) is 28.1. The van der Waals surface area contributed by atoms with Crippen LogP contribution >= 0.6 is 0 Å². The van der Waals surface area contributed by atoms with Crippen molar-refractivity contribution < 1.29 is 59.8 Å². The van der Waals surface area contributed by atoms with E-state index in [-0.39, 0.29) is 60.0 Å². The maximum atomic E-state index is 9.53. The molecule has 23 heteroatoms. The van der Waals surface area contributed by atoms with Gasteiger partial charge in [-0.2, -0.15) is 0 Å². The van der Waals surface area contributed by atoms with Crippen LogP contribution in [0.5, 0.6) is 28.7 Å². The van der Waals surface area contributed by atoms with Gasteiger partial charge in [0.1, 0.15) is 62.8 Å². The van der Waals surface area contributed by atoms with E-state index in [1.165, 1.54) is 11.1 Å². The molecule has 6 heterocycles. The van der Waals surface area contributed by atoms with Gasteiger partial charge in [-0.05, 0) is 164 Å². The van der Waals surface area contributed by atoms with Crippen molar-refractivity contribution in [3.05, 3.63) is 270 Å². The summed E-state index contributed by atoms with van der Waals surface area (Å²) in [4.78, 5) is 34.6. The second kappa shape index (κ2) is 41.7. The smallest absolute Gasteiger partial charge is 0.870 e. The fourth-order valence-corrected chi connectivity index (χ4v) is 10.0. The average Bonchev–Trinajstić information content (AvgIpc) is 1.52. The number of phenols is 3. The molecule has 0 radical (unpaired) electrons. The number of hydrogen-bond acceptors (Lipinski definition) is 17. The summed E-state index contributed by atoms with van der Waals surface area (Å²) in [5, 5.41) is 34.1. The van der Waals surface area contributed by atoms with Crippen molar-refractivity contribution in [2.24, 2.45) is 21.1 Å². The zero-order valence-electron chi connectivity index (χ0n) is 59.8. The van der Waals surface area contributed by atoms with Crippen LogP contribution in [0.3, 0.4) is 0 Å². The summed E-state index contributed by atoms with van der Waals surface area (Å²) in [6.07, 6.45) is 15.0. The number of nitrogens with one attached hydrogen (secondary N) is 2. The van der Waals surface area contributed by atoms with Crippen LogP contribution in [0, 0.1) is 20.1 Å². The van der Waals surface area contributed by atoms with Gasteiger partial charge in [0.25, 0.3) is 0 Å². The fourth-order valence-electron chi connectivity index (χ4n) is 10.0. The molecule has 522 valence electrons. The third kappa shape index (κ3) is 24.4. The van der Waals surface area contributed by atoms with E-state index in [9.17, 15) is 5.11 Å². The van der Waals surface area contributed by atoms with Crippen LogP contribution < -0.4 is 66.0 Å². The van der Waals surface area contributed by atoms with E-state index in [2.05, 4.69) is 102 Å². The Morgan fingerprint density at radius 2 is 0.912 bits per heavy atom. The van der Waals surface area contributed by atoms with Gasteiger partial charge < -0.3 is 71.0 Å². The predicted molar refractivity (Wildman–Crippen MR) is 407 cm³/mol. The summed E-state index contributed by atoms with van der Waals surface area (Å²) < 4.78 is 16.7. The Balaban J connectivity index is 0.000000225. The van der Waals surface area contributed by atoms with Crippen molar-refractivity contribution in [1.29, 1.82) is 0 Å². The van der Waals surface area contributed by atoms with Crippen LogP contribution in [0.15, 0.2) is 213 Å². The van der Waals surface area contributed by atoms with Crippen LogP contribution in [0.1, 0.15) is 68.0 Å². The number of nitrogen functional groups attached to an aromatic ring is 2. The van der Waals surface area contributed by atoms with Crippen LogP contribution in [-0.2, 0) is 53.2 Å². The number of aryl methyl sites for hydroxylation is 9. The normalized spacial score (nSPS) is 9.96. The van der Waals surface area contributed by atoms with Gasteiger partial charge in [-0.15, -0.1) is 0 Å². The molecule has 6 aromatic heterocycles. The van der Waals surface area contributed by atoms with Crippen LogP contribution in [0.25, 0.3) is 42.8 Å². The number of fused-ring (bicyclic) bond motifs is 3. The SMILES string of the molecule is CCc1cc(O)ccc1N.CCc1cc(O)ccc1Nc1cc2c(cn1)ncn2C.CCc1cccc(O)c1.Cc1ccccc1.Nc1ccccc1.[C-]#[N+]COc1ccc(N(C)c2cc3c(cn2)ncn3C)c(CC)c1.[C-]#[N+]COc1ccc(Nc2cc3c(cn2)ncn3C)c(CC)c1.[Na+].[OH-]. The van der Waals surface area contributed by atoms with Crippen molar-refractivity contribution in [2.75, 3.05) is 47.5 Å². The molecule has 0 aliphatic rings. The maximum Gasteiger partial charge on any atom is 1.00 e. The van der Waals surface area contributed by atoms with Gasteiger partial charge in [0.05, 0.1) is 54.1 Å². The number of anilines is 8. The van der Waals surface area contributed by atoms with Gasteiger partial charge in [-0.25, -0.2) is 43.0 Å². The van der Waals surface area contributed by atoms with Gasteiger partial charge in [-0.3, -0.25) is 9.69 Å². The molecule has 0 aliphatic heterocycles. The molecule has 13 aromatic rings. The fraction of sp³-hybridized carbons (Fsp3) is 0.215. The first kappa shape index (κ1) is 81.0. The summed E-state index contributed by atoms with van der Waals surface area (Å²) in [6, 6.07) is 55.0. The summed E-state index contributed by atoms with van der Waals surface area (Å²) in [5.74, 6) is 4.74. The average molecular weight is 1380 g/mol. The van der Waals surface area contributed by atoms with Gasteiger partial charge in [0, 0.05) is 74.8 Å². The topological polar surface area (TPSA) is 289 Å². The van der Waals surface area contributed by atoms with E-state index in [0.717, 1.165) is 139 Å². The Bertz CT molecular complexity index is 4770. The van der Waals surface area contributed by atoms with Crippen LogP contribution in [-0.4, -0.2) is 84.9 Å². The first-order valence-corrected chi connectivity index (χ1v) is 32.6. The number of aromatic hydroxyl groups is 3. The van der Waals surface area contributed by atoms with Crippen LogP contribution in [0.4, 0.5) is 45.9 Å². The Morgan fingerprint density at radius 3 is 1.35 bits per heavy atom. The molecule has 10 N–H and O–H groups in total. The second-order valence-electron chi connectivity index (χ2n) is 22.7. The molecule has 0 amide bonds. The molecular formula is C79H89N16NaO6.